The zero-order chi connectivity index (χ0) is 12.6. The molecule has 7 heteroatoms. The van der Waals surface area contributed by atoms with Gasteiger partial charge in [0.05, 0.1) is 6.61 Å². The lowest BCUT2D eigenvalue weighted by Crippen LogP contribution is -2.36. The third-order valence-corrected chi connectivity index (χ3v) is 2.80. The van der Waals surface area contributed by atoms with Gasteiger partial charge in [-0.15, -0.1) is 0 Å². The van der Waals surface area contributed by atoms with E-state index >= 15 is 0 Å². The van der Waals surface area contributed by atoms with E-state index in [0.717, 1.165) is 0 Å². The maximum atomic E-state index is 13.9. The van der Waals surface area contributed by atoms with Gasteiger partial charge in [-0.3, -0.25) is 4.79 Å². The molecule has 0 aliphatic carbocycles. The highest BCUT2D eigenvalue weighted by Gasteiger charge is 2.34. The predicted octanol–water partition coefficient (Wildman–Crippen LogP) is -0.673. The van der Waals surface area contributed by atoms with Gasteiger partial charge in [0.2, 0.25) is 0 Å². The Hall–Kier alpha value is -1.44. The summed E-state index contributed by atoms with van der Waals surface area (Å²) in [6.07, 6.45) is -1.82. The average molecular weight is 239 g/mol. The van der Waals surface area contributed by atoms with Crippen molar-refractivity contribution in [1.82, 2.24) is 0 Å². The minimum atomic E-state index is -1.82. The number of carbonyl (C=O) groups is 1. The van der Waals surface area contributed by atoms with Crippen LogP contribution in [-0.2, 0) is 16.1 Å². The number of aliphatic carboxylic acids is 1. The fraction of sp³-hybridized carbons (Fsp3) is 0.300. The molecule has 0 spiro atoms. The van der Waals surface area contributed by atoms with Gasteiger partial charge in [-0.05, 0) is 16.6 Å². The van der Waals surface area contributed by atoms with Crippen molar-refractivity contribution in [2.45, 2.75) is 18.8 Å². The number of fused-ring (bicyclic) bond motifs is 1. The number of halogens is 1. The Morgan fingerprint density at radius 1 is 1.59 bits per heavy atom. The van der Waals surface area contributed by atoms with Crippen molar-refractivity contribution >= 4 is 18.6 Å². The molecule has 5 nitrogen and oxygen atoms in total. The molecule has 1 aromatic rings. The number of benzene rings is 1. The molecule has 2 atom stereocenters. The van der Waals surface area contributed by atoms with Gasteiger partial charge in [-0.2, -0.15) is 0 Å². The summed E-state index contributed by atoms with van der Waals surface area (Å²) in [7, 11) is -1.08. The molecule has 2 rings (SSSR count). The third kappa shape index (κ3) is 2.04. The summed E-state index contributed by atoms with van der Waals surface area (Å²) >= 11 is 0. The molecule has 0 bridgehead atoms. The highest BCUT2D eigenvalue weighted by Crippen LogP contribution is 2.26. The van der Waals surface area contributed by atoms with Crippen LogP contribution < -0.4 is 11.2 Å². The molecular formula is C10H11BFNO4. The van der Waals surface area contributed by atoms with Crippen molar-refractivity contribution in [3.05, 3.63) is 29.3 Å². The second-order valence-corrected chi connectivity index (χ2v) is 3.84. The van der Waals surface area contributed by atoms with Crippen molar-refractivity contribution in [3.8, 4) is 0 Å². The van der Waals surface area contributed by atoms with Crippen molar-refractivity contribution in [1.29, 1.82) is 0 Å². The molecule has 1 aliphatic rings. The summed E-state index contributed by atoms with van der Waals surface area (Å²) in [6, 6.07) is 2.97. The molecule has 0 saturated carbocycles. The van der Waals surface area contributed by atoms with E-state index in [-0.39, 0.29) is 12.2 Å². The lowest BCUT2D eigenvalue weighted by Gasteiger charge is -2.15. The molecule has 0 amide bonds. The van der Waals surface area contributed by atoms with Crippen LogP contribution in [0.4, 0.5) is 4.39 Å². The summed E-state index contributed by atoms with van der Waals surface area (Å²) in [5.74, 6) is -1.41. The van der Waals surface area contributed by atoms with Crippen LogP contribution in [-0.4, -0.2) is 29.3 Å². The summed E-state index contributed by atoms with van der Waals surface area (Å²) in [5, 5.41) is 18.1. The minimum absolute atomic E-state index is 0.0550. The monoisotopic (exact) mass is 239 g/mol. The first-order valence-corrected chi connectivity index (χ1v) is 5.06. The van der Waals surface area contributed by atoms with Crippen LogP contribution in [0.1, 0.15) is 17.3 Å². The van der Waals surface area contributed by atoms with Crippen LogP contribution in [0.2, 0.25) is 0 Å². The van der Waals surface area contributed by atoms with Crippen LogP contribution in [0.3, 0.4) is 0 Å². The largest absolute Gasteiger partial charge is 0.491 e. The Balaban J connectivity index is 2.37. The fourth-order valence-corrected chi connectivity index (χ4v) is 1.85. The second kappa shape index (κ2) is 4.44. The Kier molecular flexibility index (Phi) is 3.14. The van der Waals surface area contributed by atoms with Crippen LogP contribution in [0.25, 0.3) is 0 Å². The Labute approximate surface area is 97.1 Å². The number of nitrogens with two attached hydrogens (primary N) is 1. The van der Waals surface area contributed by atoms with Crippen LogP contribution >= 0.6 is 0 Å². The van der Waals surface area contributed by atoms with Crippen molar-refractivity contribution in [2.24, 2.45) is 5.73 Å². The van der Waals surface area contributed by atoms with Crippen LogP contribution in [0, 0.1) is 0 Å². The molecule has 17 heavy (non-hydrogen) atoms. The van der Waals surface area contributed by atoms with Crippen molar-refractivity contribution in [3.63, 3.8) is 0 Å². The highest BCUT2D eigenvalue weighted by molar-refractivity contribution is 6.61. The number of hydrogen-bond acceptors (Lipinski definition) is 4. The maximum absolute atomic E-state index is 13.9. The summed E-state index contributed by atoms with van der Waals surface area (Å²) < 4.78 is 18.9. The van der Waals surface area contributed by atoms with Gasteiger partial charge < -0.3 is 20.5 Å². The van der Waals surface area contributed by atoms with Crippen LogP contribution in [0.5, 0.6) is 0 Å². The maximum Gasteiger partial charge on any atom is 0.491 e. The molecule has 0 fully saturated rings. The molecule has 0 radical (unpaired) electrons. The standard InChI is InChI=1S/C10H11BFNO4/c12-8(9(13)10(14)15)5-2-1-3-7-6(5)4-17-11(7)16/h1-3,8-9,16H,4,13H2,(H,14,15). The second-order valence-electron chi connectivity index (χ2n) is 3.84. The zero-order valence-electron chi connectivity index (χ0n) is 8.84. The van der Waals surface area contributed by atoms with Gasteiger partial charge in [0, 0.05) is 0 Å². The van der Waals surface area contributed by atoms with Gasteiger partial charge in [0.1, 0.15) is 6.04 Å². The number of carboxylic acids is 1. The predicted molar refractivity (Wildman–Crippen MR) is 58.3 cm³/mol. The molecule has 2 unspecified atom stereocenters. The van der Waals surface area contributed by atoms with E-state index in [1.807, 2.05) is 0 Å². The summed E-state index contributed by atoms with van der Waals surface area (Å²) in [6.45, 7) is 0.0550. The van der Waals surface area contributed by atoms with E-state index in [9.17, 15) is 14.2 Å². The van der Waals surface area contributed by atoms with E-state index < -0.39 is 25.3 Å². The Bertz CT molecular complexity index is 456. The highest BCUT2D eigenvalue weighted by atomic mass is 19.1. The number of carboxylic acid groups (broad SMARTS) is 1. The first kappa shape index (κ1) is 12.0. The topological polar surface area (TPSA) is 92.8 Å². The van der Waals surface area contributed by atoms with E-state index in [1.54, 1.807) is 6.07 Å². The molecule has 90 valence electrons. The molecule has 0 saturated heterocycles. The first-order chi connectivity index (χ1) is 8.02. The van der Waals surface area contributed by atoms with Crippen molar-refractivity contribution in [2.75, 3.05) is 0 Å². The van der Waals surface area contributed by atoms with Gasteiger partial charge in [-0.1, -0.05) is 18.2 Å². The Morgan fingerprint density at radius 2 is 2.29 bits per heavy atom. The van der Waals surface area contributed by atoms with E-state index in [0.29, 0.717) is 11.0 Å². The molecule has 0 aromatic heterocycles. The Morgan fingerprint density at radius 3 is 2.94 bits per heavy atom. The minimum Gasteiger partial charge on any atom is -0.480 e. The third-order valence-electron chi connectivity index (χ3n) is 2.80. The fourth-order valence-electron chi connectivity index (χ4n) is 1.85. The average Bonchev–Trinajstić information content (AvgIpc) is 2.69. The van der Waals surface area contributed by atoms with E-state index in [1.165, 1.54) is 12.1 Å². The first-order valence-electron chi connectivity index (χ1n) is 5.06. The summed E-state index contributed by atoms with van der Waals surface area (Å²) in [5.41, 5.74) is 6.34. The number of hydrogen-bond donors (Lipinski definition) is 3. The van der Waals surface area contributed by atoms with E-state index in [2.05, 4.69) is 0 Å². The number of rotatable bonds is 3. The molecule has 1 heterocycles. The lowest BCUT2D eigenvalue weighted by atomic mass is 9.77. The van der Waals surface area contributed by atoms with Gasteiger partial charge in [0.15, 0.2) is 6.17 Å². The smallest absolute Gasteiger partial charge is 0.480 e. The summed E-state index contributed by atoms with van der Waals surface area (Å²) in [4.78, 5) is 10.6. The molecule has 1 aliphatic heterocycles. The van der Waals surface area contributed by atoms with Gasteiger partial charge >= 0.3 is 13.1 Å². The molecular weight excluding hydrogens is 228 g/mol. The normalized spacial score (nSPS) is 17.7. The lowest BCUT2D eigenvalue weighted by molar-refractivity contribution is -0.140. The molecule has 1 aromatic carbocycles. The van der Waals surface area contributed by atoms with Gasteiger partial charge in [-0.25, -0.2) is 4.39 Å². The van der Waals surface area contributed by atoms with Crippen LogP contribution in [0.15, 0.2) is 18.2 Å². The SMILES string of the molecule is NC(C(=O)O)C(F)c1cccc2c1COB2O. The number of alkyl halides is 1. The molecule has 4 N–H and O–H groups in total. The zero-order valence-corrected chi connectivity index (χ0v) is 8.84. The quantitative estimate of drug-likeness (QED) is 0.608. The van der Waals surface area contributed by atoms with Crippen molar-refractivity contribution < 1.29 is 24.0 Å². The van der Waals surface area contributed by atoms with Gasteiger partial charge in [0.25, 0.3) is 0 Å². The van der Waals surface area contributed by atoms with E-state index in [4.69, 9.17) is 15.5 Å².